The standard InChI is InChI=1S/C11H18N4O2S/c1-14-7-11(13-8-14)18(16,17)15-4-2-3-9-5-12-6-10(9)15/h7-10,12H,2-6H2,1H3. The van der Waals surface area contributed by atoms with Crippen LogP contribution in [0.3, 0.4) is 0 Å². The SMILES string of the molecule is Cn1cnc(S(=O)(=O)N2CCCC3CNCC32)c1. The summed E-state index contributed by atoms with van der Waals surface area (Å²) in [6.45, 7) is 2.30. The summed E-state index contributed by atoms with van der Waals surface area (Å²) < 4.78 is 28.4. The van der Waals surface area contributed by atoms with E-state index in [9.17, 15) is 8.42 Å². The minimum Gasteiger partial charge on any atom is -0.339 e. The number of sulfonamides is 1. The first-order valence-corrected chi connectivity index (χ1v) is 7.73. The molecule has 0 spiro atoms. The predicted molar refractivity (Wildman–Crippen MR) is 66.5 cm³/mol. The Balaban J connectivity index is 1.93. The number of hydrogen-bond acceptors (Lipinski definition) is 4. The molecular weight excluding hydrogens is 252 g/mol. The van der Waals surface area contributed by atoms with E-state index in [0.717, 1.165) is 25.9 Å². The Morgan fingerprint density at radius 3 is 3.00 bits per heavy atom. The molecule has 3 rings (SSSR count). The third kappa shape index (κ3) is 1.86. The number of nitrogens with one attached hydrogen (secondary N) is 1. The van der Waals surface area contributed by atoms with Crippen LogP contribution in [0.15, 0.2) is 17.6 Å². The summed E-state index contributed by atoms with van der Waals surface area (Å²) in [6, 6.07) is 0.103. The molecule has 2 aliphatic rings. The Morgan fingerprint density at radius 2 is 2.28 bits per heavy atom. The summed E-state index contributed by atoms with van der Waals surface area (Å²) in [6.07, 6.45) is 5.16. The number of fused-ring (bicyclic) bond motifs is 1. The molecule has 1 aromatic rings. The topological polar surface area (TPSA) is 67.2 Å². The highest BCUT2D eigenvalue weighted by Crippen LogP contribution is 2.30. The first-order valence-electron chi connectivity index (χ1n) is 6.29. The van der Waals surface area contributed by atoms with Crippen LogP contribution in [0.4, 0.5) is 0 Å². The first-order chi connectivity index (χ1) is 8.59. The number of imidazole rings is 1. The summed E-state index contributed by atoms with van der Waals surface area (Å²) >= 11 is 0. The van der Waals surface area contributed by atoms with E-state index >= 15 is 0 Å². The lowest BCUT2D eigenvalue weighted by Gasteiger charge is -2.35. The van der Waals surface area contributed by atoms with Crippen molar-refractivity contribution < 1.29 is 8.42 Å². The highest BCUT2D eigenvalue weighted by Gasteiger charge is 2.41. The maximum atomic E-state index is 12.6. The molecule has 100 valence electrons. The molecule has 2 saturated heterocycles. The molecule has 3 heterocycles. The van der Waals surface area contributed by atoms with Crippen molar-refractivity contribution >= 4 is 10.0 Å². The lowest BCUT2D eigenvalue weighted by Crippen LogP contribution is -2.48. The molecule has 2 atom stereocenters. The quantitative estimate of drug-likeness (QED) is 0.807. The zero-order valence-corrected chi connectivity index (χ0v) is 11.2. The van der Waals surface area contributed by atoms with Crippen molar-refractivity contribution in [3.8, 4) is 0 Å². The second kappa shape index (κ2) is 4.32. The molecule has 1 N–H and O–H groups in total. The molecule has 2 fully saturated rings. The van der Waals surface area contributed by atoms with Gasteiger partial charge in [0, 0.05) is 32.4 Å². The van der Waals surface area contributed by atoms with Crippen LogP contribution < -0.4 is 5.32 Å². The average molecular weight is 270 g/mol. The van der Waals surface area contributed by atoms with Crippen LogP contribution in [-0.2, 0) is 17.1 Å². The molecule has 2 unspecified atom stereocenters. The molecule has 0 amide bonds. The minimum absolute atomic E-state index is 0.103. The van der Waals surface area contributed by atoms with E-state index in [0.29, 0.717) is 12.5 Å². The third-order valence-electron chi connectivity index (χ3n) is 3.88. The highest BCUT2D eigenvalue weighted by molar-refractivity contribution is 7.89. The van der Waals surface area contributed by atoms with Gasteiger partial charge >= 0.3 is 0 Å². The van der Waals surface area contributed by atoms with E-state index in [1.165, 1.54) is 6.33 Å². The van der Waals surface area contributed by atoms with Crippen molar-refractivity contribution in [2.75, 3.05) is 19.6 Å². The van der Waals surface area contributed by atoms with Crippen molar-refractivity contribution in [3.05, 3.63) is 12.5 Å². The molecular formula is C11H18N4O2S. The van der Waals surface area contributed by atoms with E-state index in [1.54, 1.807) is 22.1 Å². The molecule has 0 aliphatic carbocycles. The summed E-state index contributed by atoms with van der Waals surface area (Å²) in [5.74, 6) is 0.456. The van der Waals surface area contributed by atoms with Gasteiger partial charge in [0.05, 0.1) is 6.33 Å². The molecule has 0 bridgehead atoms. The van der Waals surface area contributed by atoms with Crippen LogP contribution in [0.2, 0.25) is 0 Å². The number of rotatable bonds is 2. The van der Waals surface area contributed by atoms with E-state index in [1.807, 2.05) is 0 Å². The van der Waals surface area contributed by atoms with Crippen molar-refractivity contribution in [3.63, 3.8) is 0 Å². The van der Waals surface area contributed by atoms with Gasteiger partial charge in [0.25, 0.3) is 10.0 Å². The van der Waals surface area contributed by atoms with Gasteiger partial charge in [-0.25, -0.2) is 13.4 Å². The van der Waals surface area contributed by atoms with Crippen LogP contribution in [0.25, 0.3) is 0 Å². The smallest absolute Gasteiger partial charge is 0.262 e. The fraction of sp³-hybridized carbons (Fsp3) is 0.727. The molecule has 7 heteroatoms. The van der Waals surface area contributed by atoms with Gasteiger partial charge in [-0.05, 0) is 25.3 Å². The van der Waals surface area contributed by atoms with E-state index in [-0.39, 0.29) is 11.1 Å². The second-order valence-electron chi connectivity index (χ2n) is 5.12. The van der Waals surface area contributed by atoms with E-state index < -0.39 is 10.0 Å². The number of aromatic nitrogens is 2. The molecule has 0 saturated carbocycles. The Kier molecular flexibility index (Phi) is 2.91. The summed E-state index contributed by atoms with van der Waals surface area (Å²) in [7, 11) is -1.65. The number of aryl methyl sites for hydroxylation is 1. The number of hydrogen-bond donors (Lipinski definition) is 1. The predicted octanol–water partition coefficient (Wildman–Crippen LogP) is -0.207. The van der Waals surface area contributed by atoms with E-state index in [2.05, 4.69) is 10.3 Å². The zero-order valence-electron chi connectivity index (χ0n) is 10.4. The van der Waals surface area contributed by atoms with Gasteiger partial charge in [0.15, 0.2) is 5.03 Å². The highest BCUT2D eigenvalue weighted by atomic mass is 32.2. The Morgan fingerprint density at radius 1 is 1.44 bits per heavy atom. The average Bonchev–Trinajstić information content (AvgIpc) is 2.96. The van der Waals surface area contributed by atoms with Gasteiger partial charge in [-0.1, -0.05) is 0 Å². The third-order valence-corrected chi connectivity index (χ3v) is 5.69. The second-order valence-corrected chi connectivity index (χ2v) is 6.96. The molecule has 1 aromatic heterocycles. The van der Waals surface area contributed by atoms with Crippen LogP contribution in [0.5, 0.6) is 0 Å². The molecule has 6 nitrogen and oxygen atoms in total. The van der Waals surface area contributed by atoms with Crippen molar-refractivity contribution in [2.24, 2.45) is 13.0 Å². The number of nitrogens with zero attached hydrogens (tertiary/aromatic N) is 3. The van der Waals surface area contributed by atoms with Crippen molar-refractivity contribution in [2.45, 2.75) is 23.9 Å². The summed E-state index contributed by atoms with van der Waals surface area (Å²) in [5, 5.41) is 3.46. The number of piperidine rings is 1. The monoisotopic (exact) mass is 270 g/mol. The van der Waals surface area contributed by atoms with Crippen LogP contribution in [-0.4, -0.2) is 48.0 Å². The maximum Gasteiger partial charge on any atom is 0.262 e. The first kappa shape index (κ1) is 12.1. The van der Waals surface area contributed by atoms with Gasteiger partial charge in [-0.3, -0.25) is 0 Å². The minimum atomic E-state index is -3.43. The molecule has 0 aromatic carbocycles. The molecule has 18 heavy (non-hydrogen) atoms. The normalized spacial score (nSPS) is 29.4. The van der Waals surface area contributed by atoms with Gasteiger partial charge in [-0.15, -0.1) is 0 Å². The van der Waals surface area contributed by atoms with Gasteiger partial charge in [0.2, 0.25) is 0 Å². The largest absolute Gasteiger partial charge is 0.339 e. The summed E-state index contributed by atoms with van der Waals surface area (Å²) in [4.78, 5) is 3.99. The Hall–Kier alpha value is -0.920. The lowest BCUT2D eigenvalue weighted by atomic mass is 9.94. The van der Waals surface area contributed by atoms with Gasteiger partial charge in [0.1, 0.15) is 0 Å². The maximum absolute atomic E-state index is 12.6. The fourth-order valence-corrected chi connectivity index (χ4v) is 4.66. The Bertz CT molecular complexity index is 539. The van der Waals surface area contributed by atoms with E-state index in [4.69, 9.17) is 0 Å². The van der Waals surface area contributed by atoms with Crippen LogP contribution in [0, 0.1) is 5.92 Å². The van der Waals surface area contributed by atoms with Crippen molar-refractivity contribution in [1.82, 2.24) is 19.2 Å². The molecule has 0 radical (unpaired) electrons. The molecule has 2 aliphatic heterocycles. The zero-order chi connectivity index (χ0) is 12.8. The van der Waals surface area contributed by atoms with Crippen LogP contribution in [0.1, 0.15) is 12.8 Å². The summed E-state index contributed by atoms with van der Waals surface area (Å²) in [5.41, 5.74) is 0. The van der Waals surface area contributed by atoms with Crippen molar-refractivity contribution in [1.29, 1.82) is 0 Å². The van der Waals surface area contributed by atoms with Gasteiger partial charge in [-0.2, -0.15) is 4.31 Å². The lowest BCUT2D eigenvalue weighted by molar-refractivity contribution is 0.217. The van der Waals surface area contributed by atoms with Gasteiger partial charge < -0.3 is 9.88 Å². The fourth-order valence-electron chi connectivity index (χ4n) is 2.97. The Labute approximate surface area is 107 Å². The van der Waals surface area contributed by atoms with Crippen LogP contribution >= 0.6 is 0 Å².